The molecule has 0 aliphatic carbocycles. The number of esters is 1. The molecule has 0 aromatic heterocycles. The van der Waals surface area contributed by atoms with E-state index >= 15 is 0 Å². The first kappa shape index (κ1) is 19.4. The monoisotopic (exact) mass is 404 g/mol. The van der Waals surface area contributed by atoms with Crippen LogP contribution in [0.15, 0.2) is 53.6 Å². The number of carbonyl (C=O) groups excluding carboxylic acids is 2. The summed E-state index contributed by atoms with van der Waals surface area (Å²) in [7, 11) is 1.32. The molecule has 0 saturated heterocycles. The van der Waals surface area contributed by atoms with Crippen LogP contribution in [0.25, 0.3) is 0 Å². The zero-order valence-electron chi connectivity index (χ0n) is 14.9. The predicted molar refractivity (Wildman–Crippen MR) is 105 cm³/mol. The average molecular weight is 405 g/mol. The fraction of sp³-hybridized carbons (Fsp3) is 0.250. The van der Waals surface area contributed by atoms with E-state index in [4.69, 9.17) is 27.9 Å². The number of nitrogens with zero attached hydrogens (tertiary/aromatic N) is 2. The Morgan fingerprint density at radius 3 is 2.19 bits per heavy atom. The zero-order chi connectivity index (χ0) is 19.6. The van der Waals surface area contributed by atoms with Crippen molar-refractivity contribution in [2.24, 2.45) is 10.5 Å². The summed E-state index contributed by atoms with van der Waals surface area (Å²) in [6, 6.07) is 14.0. The SMILES string of the molecule is COC(=O)[C@@]1(C)CN(C(=O)Cc2ccc(Cl)cc2)N=C1c1ccc(Cl)cc1. The largest absolute Gasteiger partial charge is 0.468 e. The molecule has 0 N–H and O–H groups in total. The standard InChI is InChI=1S/C20H18Cl2N2O3/c1-20(19(26)27-2)12-24(17(25)11-13-3-7-15(21)8-4-13)23-18(20)14-5-9-16(22)10-6-14/h3-10H,11-12H2,1-2H3/t20-/m0/s1. The molecule has 5 nitrogen and oxygen atoms in total. The number of halogens is 2. The number of hydrogen-bond acceptors (Lipinski definition) is 4. The van der Waals surface area contributed by atoms with Crippen molar-refractivity contribution >= 4 is 40.8 Å². The first-order valence-electron chi connectivity index (χ1n) is 8.32. The summed E-state index contributed by atoms with van der Waals surface area (Å²) in [5.74, 6) is -0.658. The van der Waals surface area contributed by atoms with E-state index in [2.05, 4.69) is 5.10 Å². The summed E-state index contributed by atoms with van der Waals surface area (Å²) in [6.45, 7) is 1.84. The minimum absolute atomic E-state index is 0.115. The molecule has 2 aromatic rings. The summed E-state index contributed by atoms with van der Waals surface area (Å²) in [6.07, 6.45) is 0.159. The molecular formula is C20H18Cl2N2O3. The molecule has 140 valence electrons. The maximum Gasteiger partial charge on any atom is 0.319 e. The molecule has 27 heavy (non-hydrogen) atoms. The Labute approximate surface area is 167 Å². The van der Waals surface area contributed by atoms with Crippen molar-refractivity contribution in [1.82, 2.24) is 5.01 Å². The van der Waals surface area contributed by atoms with Gasteiger partial charge in [0.25, 0.3) is 0 Å². The van der Waals surface area contributed by atoms with Crippen LogP contribution in [0.2, 0.25) is 10.0 Å². The second kappa shape index (κ2) is 7.71. The van der Waals surface area contributed by atoms with Crippen molar-refractivity contribution in [2.45, 2.75) is 13.3 Å². The fourth-order valence-corrected chi connectivity index (χ4v) is 3.28. The summed E-state index contributed by atoms with van der Waals surface area (Å²) < 4.78 is 4.97. The van der Waals surface area contributed by atoms with Gasteiger partial charge in [0.15, 0.2) is 0 Å². The van der Waals surface area contributed by atoms with Crippen LogP contribution in [0.1, 0.15) is 18.1 Å². The number of hydrazone groups is 1. The Hall–Kier alpha value is -2.37. The van der Waals surface area contributed by atoms with Crippen molar-refractivity contribution in [1.29, 1.82) is 0 Å². The molecule has 1 aliphatic rings. The third-order valence-corrected chi connectivity index (χ3v) is 5.02. The zero-order valence-corrected chi connectivity index (χ0v) is 16.4. The molecule has 0 unspecified atom stereocenters. The van der Waals surface area contributed by atoms with Crippen molar-refractivity contribution in [3.8, 4) is 0 Å². The second-order valence-corrected chi connectivity index (χ2v) is 7.41. The van der Waals surface area contributed by atoms with Crippen LogP contribution >= 0.6 is 23.2 Å². The maximum atomic E-state index is 12.7. The van der Waals surface area contributed by atoms with Crippen LogP contribution in [-0.2, 0) is 20.7 Å². The third-order valence-electron chi connectivity index (χ3n) is 4.52. The number of benzene rings is 2. The van der Waals surface area contributed by atoms with Gasteiger partial charge in [-0.05, 0) is 42.3 Å². The average Bonchev–Trinajstić information content (AvgIpc) is 3.02. The molecule has 0 radical (unpaired) electrons. The Bertz CT molecular complexity index is 894. The number of ether oxygens (including phenoxy) is 1. The van der Waals surface area contributed by atoms with Crippen LogP contribution in [-0.4, -0.2) is 36.3 Å². The molecule has 2 aromatic carbocycles. The quantitative estimate of drug-likeness (QED) is 0.724. The molecule has 1 aliphatic heterocycles. The van der Waals surface area contributed by atoms with Gasteiger partial charge in [0.05, 0.1) is 25.8 Å². The molecule has 1 amide bonds. The first-order valence-corrected chi connectivity index (χ1v) is 9.07. The van der Waals surface area contributed by atoms with Gasteiger partial charge in [-0.1, -0.05) is 47.5 Å². The van der Waals surface area contributed by atoms with Crippen LogP contribution in [0.4, 0.5) is 0 Å². The van der Waals surface area contributed by atoms with Crippen molar-refractivity contribution in [2.75, 3.05) is 13.7 Å². The molecule has 0 fully saturated rings. The molecule has 1 atom stereocenters. The van der Waals surface area contributed by atoms with Gasteiger partial charge in [0.1, 0.15) is 5.41 Å². The minimum atomic E-state index is -1.06. The van der Waals surface area contributed by atoms with Gasteiger partial charge in [-0.3, -0.25) is 9.59 Å². The van der Waals surface area contributed by atoms with E-state index in [0.29, 0.717) is 21.3 Å². The van der Waals surface area contributed by atoms with Gasteiger partial charge >= 0.3 is 5.97 Å². The van der Waals surface area contributed by atoms with Gasteiger partial charge in [0.2, 0.25) is 5.91 Å². The molecule has 3 rings (SSSR count). The van der Waals surface area contributed by atoms with E-state index in [0.717, 1.165) is 5.56 Å². The van der Waals surface area contributed by atoms with Crippen LogP contribution < -0.4 is 0 Å². The lowest BCUT2D eigenvalue weighted by Gasteiger charge is -2.23. The van der Waals surface area contributed by atoms with Crippen LogP contribution in [0, 0.1) is 5.41 Å². The van der Waals surface area contributed by atoms with E-state index < -0.39 is 11.4 Å². The smallest absolute Gasteiger partial charge is 0.319 e. The molecule has 7 heteroatoms. The van der Waals surface area contributed by atoms with Gasteiger partial charge in [-0.2, -0.15) is 5.10 Å². The van der Waals surface area contributed by atoms with E-state index in [1.54, 1.807) is 55.5 Å². The maximum absolute atomic E-state index is 12.7. The molecule has 0 saturated carbocycles. The number of rotatable bonds is 4. The Morgan fingerprint density at radius 2 is 1.63 bits per heavy atom. The van der Waals surface area contributed by atoms with Crippen molar-refractivity contribution in [3.63, 3.8) is 0 Å². The van der Waals surface area contributed by atoms with Gasteiger partial charge < -0.3 is 4.74 Å². The lowest BCUT2D eigenvalue weighted by Crippen LogP contribution is -2.41. The van der Waals surface area contributed by atoms with Crippen molar-refractivity contribution < 1.29 is 14.3 Å². The van der Waals surface area contributed by atoms with Gasteiger partial charge in [0, 0.05) is 10.0 Å². The third kappa shape index (κ3) is 3.99. The van der Waals surface area contributed by atoms with E-state index in [1.165, 1.54) is 12.1 Å². The second-order valence-electron chi connectivity index (χ2n) is 6.53. The highest BCUT2D eigenvalue weighted by Crippen LogP contribution is 2.33. The number of hydrogen-bond donors (Lipinski definition) is 0. The Morgan fingerprint density at radius 1 is 1.07 bits per heavy atom. The normalized spacial score (nSPS) is 19.0. The highest BCUT2D eigenvalue weighted by molar-refractivity contribution is 6.31. The van der Waals surface area contributed by atoms with E-state index in [-0.39, 0.29) is 18.9 Å². The van der Waals surface area contributed by atoms with Crippen molar-refractivity contribution in [3.05, 3.63) is 69.7 Å². The lowest BCUT2D eigenvalue weighted by molar-refractivity contribution is -0.148. The number of amides is 1. The number of methoxy groups -OCH3 is 1. The lowest BCUT2D eigenvalue weighted by atomic mass is 9.82. The van der Waals surface area contributed by atoms with E-state index in [1.807, 2.05) is 0 Å². The fourth-order valence-electron chi connectivity index (χ4n) is 3.02. The number of carbonyl (C=O) groups is 2. The molecule has 1 heterocycles. The Balaban J connectivity index is 1.90. The summed E-state index contributed by atoms with van der Waals surface area (Å²) in [5, 5.41) is 6.97. The summed E-state index contributed by atoms with van der Waals surface area (Å²) >= 11 is 11.8. The molecule has 0 bridgehead atoms. The summed E-state index contributed by atoms with van der Waals surface area (Å²) in [4.78, 5) is 25.2. The highest BCUT2D eigenvalue weighted by atomic mass is 35.5. The van der Waals surface area contributed by atoms with E-state index in [9.17, 15) is 9.59 Å². The van der Waals surface area contributed by atoms with Gasteiger partial charge in [-0.25, -0.2) is 5.01 Å². The molecular weight excluding hydrogens is 387 g/mol. The van der Waals surface area contributed by atoms with Gasteiger partial charge in [-0.15, -0.1) is 0 Å². The van der Waals surface area contributed by atoms with Crippen LogP contribution in [0.3, 0.4) is 0 Å². The first-order chi connectivity index (χ1) is 12.8. The minimum Gasteiger partial charge on any atom is -0.468 e. The Kier molecular flexibility index (Phi) is 5.53. The topological polar surface area (TPSA) is 59.0 Å². The molecule has 0 spiro atoms. The predicted octanol–water partition coefficient (Wildman–Crippen LogP) is 3.96. The summed E-state index contributed by atoms with van der Waals surface area (Å²) in [5.41, 5.74) is 0.960. The highest BCUT2D eigenvalue weighted by Gasteiger charge is 2.48. The van der Waals surface area contributed by atoms with Crippen LogP contribution in [0.5, 0.6) is 0 Å².